The lowest BCUT2D eigenvalue weighted by atomic mass is 10.2. The second-order valence-corrected chi connectivity index (χ2v) is 7.11. The minimum atomic E-state index is -3.39. The number of piperazine rings is 1. The van der Waals surface area contributed by atoms with Crippen molar-refractivity contribution in [1.29, 1.82) is 0 Å². The number of fused-ring (bicyclic) bond motifs is 2. The van der Waals surface area contributed by atoms with Crippen molar-refractivity contribution in [2.45, 2.75) is 23.4 Å². The minimum Gasteiger partial charge on any atom is -0.329 e. The van der Waals surface area contributed by atoms with Crippen molar-refractivity contribution >= 4 is 10.0 Å². The summed E-state index contributed by atoms with van der Waals surface area (Å²) in [5.41, 5.74) is 5.77. The van der Waals surface area contributed by atoms with E-state index in [0.29, 0.717) is 18.0 Å². The fraction of sp³-hybridized carbons (Fsp3) is 0.538. The van der Waals surface area contributed by atoms with Crippen LogP contribution in [0.3, 0.4) is 0 Å². The van der Waals surface area contributed by atoms with Gasteiger partial charge in [-0.15, -0.1) is 0 Å². The Balaban J connectivity index is 1.93. The van der Waals surface area contributed by atoms with E-state index >= 15 is 0 Å². The molecule has 0 aliphatic carbocycles. The van der Waals surface area contributed by atoms with Gasteiger partial charge in [-0.1, -0.05) is 18.2 Å². The van der Waals surface area contributed by atoms with Crippen LogP contribution in [0, 0.1) is 0 Å². The maximum atomic E-state index is 12.7. The molecule has 2 N–H and O–H groups in total. The van der Waals surface area contributed by atoms with E-state index in [1.807, 2.05) is 6.07 Å². The van der Waals surface area contributed by atoms with Gasteiger partial charge in [-0.3, -0.25) is 4.90 Å². The van der Waals surface area contributed by atoms with Crippen LogP contribution in [-0.2, 0) is 10.0 Å². The molecule has 6 heteroatoms. The Labute approximate surface area is 114 Å². The zero-order valence-electron chi connectivity index (χ0n) is 10.8. The quantitative estimate of drug-likeness (QED) is 0.853. The number of nitrogens with zero attached hydrogens (tertiary/aromatic N) is 2. The van der Waals surface area contributed by atoms with Crippen molar-refractivity contribution in [3.8, 4) is 0 Å². The van der Waals surface area contributed by atoms with Gasteiger partial charge in [0, 0.05) is 38.3 Å². The highest BCUT2D eigenvalue weighted by atomic mass is 32.2. The summed E-state index contributed by atoms with van der Waals surface area (Å²) < 4.78 is 27.1. The van der Waals surface area contributed by atoms with E-state index in [2.05, 4.69) is 4.90 Å². The predicted molar refractivity (Wildman–Crippen MR) is 73.2 cm³/mol. The molecule has 104 valence electrons. The number of sulfonamides is 1. The Morgan fingerprint density at radius 2 is 1.95 bits per heavy atom. The molecule has 1 aromatic rings. The number of hydrogen-bond acceptors (Lipinski definition) is 4. The van der Waals surface area contributed by atoms with E-state index in [4.69, 9.17) is 5.73 Å². The first-order chi connectivity index (χ1) is 9.13. The third kappa shape index (κ3) is 2.18. The maximum absolute atomic E-state index is 12.7. The molecule has 5 nitrogen and oxygen atoms in total. The van der Waals surface area contributed by atoms with Crippen molar-refractivity contribution in [3.63, 3.8) is 0 Å². The number of nitrogens with two attached hydrogens (primary N) is 1. The molecule has 0 spiro atoms. The second-order valence-electron chi connectivity index (χ2n) is 5.21. The lowest BCUT2D eigenvalue weighted by Crippen LogP contribution is -2.56. The van der Waals surface area contributed by atoms with Crippen molar-refractivity contribution in [2.24, 2.45) is 5.73 Å². The molecule has 3 atom stereocenters. The summed E-state index contributed by atoms with van der Waals surface area (Å²) in [7, 11) is -3.39. The van der Waals surface area contributed by atoms with Crippen LogP contribution in [-0.4, -0.2) is 55.9 Å². The summed E-state index contributed by atoms with van der Waals surface area (Å²) in [6.07, 6.45) is 0.905. The first kappa shape index (κ1) is 13.1. The zero-order valence-corrected chi connectivity index (χ0v) is 11.6. The number of hydrogen-bond donors (Lipinski definition) is 1. The Hall–Kier alpha value is -0.950. The van der Waals surface area contributed by atoms with Gasteiger partial charge in [0.1, 0.15) is 0 Å². The van der Waals surface area contributed by atoms with Gasteiger partial charge < -0.3 is 5.73 Å². The van der Waals surface area contributed by atoms with Crippen LogP contribution in [0.1, 0.15) is 6.42 Å². The van der Waals surface area contributed by atoms with Crippen LogP contribution in [0.15, 0.2) is 35.2 Å². The normalized spacial score (nSPS) is 31.5. The number of benzene rings is 1. The smallest absolute Gasteiger partial charge is 0.243 e. The Kier molecular flexibility index (Phi) is 3.34. The van der Waals surface area contributed by atoms with E-state index in [-0.39, 0.29) is 12.1 Å². The molecule has 2 bridgehead atoms. The molecule has 0 amide bonds. The van der Waals surface area contributed by atoms with Crippen LogP contribution in [0.4, 0.5) is 0 Å². The molecule has 2 heterocycles. The van der Waals surface area contributed by atoms with Gasteiger partial charge in [0.15, 0.2) is 0 Å². The highest BCUT2D eigenvalue weighted by Gasteiger charge is 2.43. The molecule has 1 unspecified atom stereocenters. The summed E-state index contributed by atoms with van der Waals surface area (Å²) in [5.74, 6) is 0. The molecule has 2 aliphatic heterocycles. The summed E-state index contributed by atoms with van der Waals surface area (Å²) in [6.45, 7) is 2.78. The van der Waals surface area contributed by atoms with Crippen molar-refractivity contribution in [2.75, 3.05) is 26.2 Å². The molecule has 19 heavy (non-hydrogen) atoms. The lowest BCUT2D eigenvalue weighted by molar-refractivity contribution is 0.148. The third-order valence-electron chi connectivity index (χ3n) is 4.13. The first-order valence-corrected chi connectivity index (χ1v) is 8.08. The molecule has 3 rings (SSSR count). The molecular formula is C13H19N3O2S. The number of rotatable bonds is 3. The Morgan fingerprint density at radius 3 is 2.63 bits per heavy atom. The first-order valence-electron chi connectivity index (χ1n) is 6.64. The molecule has 2 saturated heterocycles. The van der Waals surface area contributed by atoms with E-state index < -0.39 is 10.0 Å². The van der Waals surface area contributed by atoms with Gasteiger partial charge in [-0.25, -0.2) is 8.42 Å². The fourth-order valence-electron chi connectivity index (χ4n) is 3.05. The van der Waals surface area contributed by atoms with Gasteiger partial charge in [-0.2, -0.15) is 4.31 Å². The van der Waals surface area contributed by atoms with E-state index in [1.165, 1.54) is 0 Å². The van der Waals surface area contributed by atoms with Gasteiger partial charge in [0.25, 0.3) is 0 Å². The van der Waals surface area contributed by atoms with Crippen LogP contribution in [0.5, 0.6) is 0 Å². The average Bonchev–Trinajstić information content (AvgIpc) is 2.84. The Bertz CT molecular complexity index is 546. The van der Waals surface area contributed by atoms with Crippen LogP contribution >= 0.6 is 0 Å². The van der Waals surface area contributed by atoms with E-state index in [9.17, 15) is 8.42 Å². The largest absolute Gasteiger partial charge is 0.329 e. The van der Waals surface area contributed by atoms with Crippen LogP contribution < -0.4 is 5.73 Å². The third-order valence-corrected chi connectivity index (χ3v) is 6.06. The van der Waals surface area contributed by atoms with Gasteiger partial charge in [-0.05, 0) is 18.6 Å². The fourth-order valence-corrected chi connectivity index (χ4v) is 4.76. The summed E-state index contributed by atoms with van der Waals surface area (Å²) in [4.78, 5) is 2.69. The summed E-state index contributed by atoms with van der Waals surface area (Å²) in [6, 6.07) is 8.93. The highest BCUT2D eigenvalue weighted by Crippen LogP contribution is 2.29. The predicted octanol–water partition coefficient (Wildman–Crippen LogP) is 0.0925. The van der Waals surface area contributed by atoms with Gasteiger partial charge in [0.05, 0.1) is 4.90 Å². The SMILES string of the molecule is NC[C@@H]1CN(S(=O)(=O)c2ccccc2)[C@@H]2CCN1C2. The highest BCUT2D eigenvalue weighted by molar-refractivity contribution is 7.89. The topological polar surface area (TPSA) is 66.6 Å². The second kappa shape index (κ2) is 4.86. The van der Waals surface area contributed by atoms with Crippen LogP contribution in [0.25, 0.3) is 0 Å². The van der Waals surface area contributed by atoms with Crippen LogP contribution in [0.2, 0.25) is 0 Å². The van der Waals surface area contributed by atoms with Crippen molar-refractivity contribution in [1.82, 2.24) is 9.21 Å². The molecule has 1 aromatic carbocycles. The molecule has 2 aliphatic rings. The van der Waals surface area contributed by atoms with Gasteiger partial charge >= 0.3 is 0 Å². The summed E-state index contributed by atoms with van der Waals surface area (Å²) in [5, 5.41) is 0. The monoisotopic (exact) mass is 281 g/mol. The molecular weight excluding hydrogens is 262 g/mol. The Morgan fingerprint density at radius 1 is 1.21 bits per heavy atom. The van der Waals surface area contributed by atoms with Gasteiger partial charge in [0.2, 0.25) is 10.0 Å². The average molecular weight is 281 g/mol. The molecule has 0 saturated carbocycles. The zero-order chi connectivity index (χ0) is 13.5. The standard InChI is InChI=1S/C13H19N3O2S/c14-8-12-10-16(11-6-7-15(12)9-11)19(17,18)13-4-2-1-3-5-13/h1-5,11-12H,6-10,14H2/t11-,12-/m1/s1. The minimum absolute atomic E-state index is 0.105. The molecule has 0 aromatic heterocycles. The maximum Gasteiger partial charge on any atom is 0.243 e. The summed E-state index contributed by atoms with van der Waals surface area (Å²) >= 11 is 0. The lowest BCUT2D eigenvalue weighted by Gasteiger charge is -2.38. The van der Waals surface area contributed by atoms with Crippen molar-refractivity contribution < 1.29 is 8.42 Å². The van der Waals surface area contributed by atoms with E-state index in [1.54, 1.807) is 28.6 Å². The van der Waals surface area contributed by atoms with Crippen molar-refractivity contribution in [3.05, 3.63) is 30.3 Å². The molecule has 2 fully saturated rings. The molecule has 0 radical (unpaired) electrons. The van der Waals surface area contributed by atoms with E-state index in [0.717, 1.165) is 19.5 Å².